The number of benzene rings is 3. The summed E-state index contributed by atoms with van der Waals surface area (Å²) in [6.07, 6.45) is 2.06. The van der Waals surface area contributed by atoms with E-state index in [0.29, 0.717) is 48.1 Å². The van der Waals surface area contributed by atoms with Crippen LogP contribution in [0.3, 0.4) is 0 Å². The number of rotatable bonds is 10. The Balaban J connectivity index is 1.68. The quantitative estimate of drug-likeness (QED) is 0.307. The Morgan fingerprint density at radius 3 is 2.11 bits per heavy atom. The maximum absolute atomic E-state index is 15.1. The van der Waals surface area contributed by atoms with Gasteiger partial charge < -0.3 is 25.7 Å². The van der Waals surface area contributed by atoms with Gasteiger partial charge in [0.1, 0.15) is 23.9 Å². The van der Waals surface area contributed by atoms with Crippen LogP contribution in [0.1, 0.15) is 30.5 Å². The van der Waals surface area contributed by atoms with Crippen LogP contribution in [0.25, 0.3) is 11.1 Å². The van der Waals surface area contributed by atoms with Gasteiger partial charge in [0.15, 0.2) is 11.6 Å². The van der Waals surface area contributed by atoms with Crippen molar-refractivity contribution in [2.75, 3.05) is 24.7 Å². The standard InChI is InChI=1S/C28H29FN4O3/c1-3-34-24-13-19(12-21-16-32-28(31)33-27(21)30)14-25(35-4-2)26(24)20-10-11-23(22(29)15-20)36-17-18-8-6-5-7-9-18/h5-11,13-16H,3-4,12,17H2,1-2H3,(H4,30,31,32,33). The van der Waals surface area contributed by atoms with E-state index in [0.717, 1.165) is 16.7 Å². The van der Waals surface area contributed by atoms with Gasteiger partial charge in [0.05, 0.1) is 18.8 Å². The lowest BCUT2D eigenvalue weighted by molar-refractivity contribution is 0.290. The number of anilines is 2. The van der Waals surface area contributed by atoms with E-state index in [9.17, 15) is 0 Å². The third-order valence-corrected chi connectivity index (χ3v) is 5.49. The molecule has 0 amide bonds. The topological polar surface area (TPSA) is 106 Å². The Morgan fingerprint density at radius 2 is 1.50 bits per heavy atom. The zero-order valence-electron chi connectivity index (χ0n) is 20.3. The second-order valence-corrected chi connectivity index (χ2v) is 8.07. The van der Waals surface area contributed by atoms with Gasteiger partial charge in [-0.05, 0) is 54.8 Å². The largest absolute Gasteiger partial charge is 0.493 e. The molecule has 0 bridgehead atoms. The van der Waals surface area contributed by atoms with Crippen LogP contribution in [0.15, 0.2) is 66.9 Å². The van der Waals surface area contributed by atoms with E-state index in [-0.39, 0.29) is 18.3 Å². The Hall–Kier alpha value is -4.33. The van der Waals surface area contributed by atoms with E-state index < -0.39 is 5.82 Å². The van der Waals surface area contributed by atoms with E-state index >= 15 is 4.39 Å². The molecular weight excluding hydrogens is 459 g/mol. The van der Waals surface area contributed by atoms with Crippen LogP contribution >= 0.6 is 0 Å². The zero-order valence-corrected chi connectivity index (χ0v) is 20.3. The van der Waals surface area contributed by atoms with Gasteiger partial charge >= 0.3 is 0 Å². The van der Waals surface area contributed by atoms with E-state index in [1.165, 1.54) is 6.07 Å². The number of aromatic nitrogens is 2. The first kappa shape index (κ1) is 24.8. The summed E-state index contributed by atoms with van der Waals surface area (Å²) in [6, 6.07) is 18.3. The molecule has 4 aromatic rings. The van der Waals surface area contributed by atoms with Gasteiger partial charge in [0.2, 0.25) is 5.95 Å². The van der Waals surface area contributed by atoms with Crippen molar-refractivity contribution in [2.45, 2.75) is 26.9 Å². The van der Waals surface area contributed by atoms with Crippen molar-refractivity contribution in [3.05, 3.63) is 89.4 Å². The molecule has 4 rings (SSSR count). The molecule has 1 heterocycles. The summed E-state index contributed by atoms with van der Waals surface area (Å²) in [5.41, 5.74) is 15.5. The molecule has 0 saturated heterocycles. The molecule has 0 aliphatic rings. The Bertz CT molecular complexity index is 1300. The first-order valence-corrected chi connectivity index (χ1v) is 11.7. The average molecular weight is 489 g/mol. The smallest absolute Gasteiger partial charge is 0.221 e. The number of halogens is 1. The van der Waals surface area contributed by atoms with Crippen LogP contribution in [0, 0.1) is 5.82 Å². The van der Waals surface area contributed by atoms with Gasteiger partial charge in [-0.25, -0.2) is 9.37 Å². The second kappa shape index (κ2) is 11.4. The van der Waals surface area contributed by atoms with E-state index in [1.54, 1.807) is 18.3 Å². The van der Waals surface area contributed by atoms with Crippen molar-refractivity contribution in [3.8, 4) is 28.4 Å². The highest BCUT2D eigenvalue weighted by Gasteiger charge is 2.18. The van der Waals surface area contributed by atoms with Gasteiger partial charge in [-0.2, -0.15) is 4.98 Å². The summed E-state index contributed by atoms with van der Waals surface area (Å²) in [4.78, 5) is 8.07. The zero-order chi connectivity index (χ0) is 25.5. The molecule has 0 fully saturated rings. The van der Waals surface area contributed by atoms with Crippen LogP contribution in [-0.2, 0) is 13.0 Å². The number of nitrogens with two attached hydrogens (primary N) is 2. The molecule has 0 radical (unpaired) electrons. The summed E-state index contributed by atoms with van der Waals surface area (Å²) in [5, 5.41) is 0. The van der Waals surface area contributed by atoms with Crippen molar-refractivity contribution >= 4 is 11.8 Å². The molecular formula is C28H29FN4O3. The molecule has 0 saturated carbocycles. The lowest BCUT2D eigenvalue weighted by Gasteiger charge is -2.18. The molecule has 36 heavy (non-hydrogen) atoms. The van der Waals surface area contributed by atoms with Gasteiger partial charge in [-0.3, -0.25) is 0 Å². The summed E-state index contributed by atoms with van der Waals surface area (Å²) in [7, 11) is 0. The van der Waals surface area contributed by atoms with Crippen molar-refractivity contribution < 1.29 is 18.6 Å². The fourth-order valence-corrected chi connectivity index (χ4v) is 3.87. The molecule has 0 unspecified atom stereocenters. The maximum Gasteiger partial charge on any atom is 0.221 e. The second-order valence-electron chi connectivity index (χ2n) is 8.07. The van der Waals surface area contributed by atoms with E-state index in [4.69, 9.17) is 25.7 Å². The third-order valence-electron chi connectivity index (χ3n) is 5.49. The molecule has 1 aromatic heterocycles. The number of hydrogen-bond acceptors (Lipinski definition) is 7. The van der Waals surface area contributed by atoms with Crippen LogP contribution in [0.4, 0.5) is 16.2 Å². The number of nitrogens with zero attached hydrogens (tertiary/aromatic N) is 2. The van der Waals surface area contributed by atoms with Gasteiger partial charge in [-0.1, -0.05) is 36.4 Å². The number of hydrogen-bond donors (Lipinski definition) is 2. The Labute approximate surface area is 209 Å². The number of nitrogen functional groups attached to an aromatic ring is 2. The molecule has 0 aliphatic carbocycles. The summed E-state index contributed by atoms with van der Waals surface area (Å²) in [6.45, 7) is 4.91. The van der Waals surface area contributed by atoms with Crippen molar-refractivity contribution in [2.24, 2.45) is 0 Å². The highest BCUT2D eigenvalue weighted by Crippen LogP contribution is 2.41. The maximum atomic E-state index is 15.1. The minimum Gasteiger partial charge on any atom is -0.493 e. The first-order chi connectivity index (χ1) is 17.5. The first-order valence-electron chi connectivity index (χ1n) is 11.7. The fourth-order valence-electron chi connectivity index (χ4n) is 3.87. The lowest BCUT2D eigenvalue weighted by Crippen LogP contribution is -2.05. The Morgan fingerprint density at radius 1 is 0.806 bits per heavy atom. The molecule has 7 nitrogen and oxygen atoms in total. The third kappa shape index (κ3) is 5.83. The molecule has 0 atom stereocenters. The molecule has 186 valence electrons. The molecule has 0 aliphatic heterocycles. The molecule has 0 spiro atoms. The van der Waals surface area contributed by atoms with E-state index in [2.05, 4.69) is 9.97 Å². The minimum atomic E-state index is -0.468. The monoisotopic (exact) mass is 488 g/mol. The molecule has 3 aromatic carbocycles. The van der Waals surface area contributed by atoms with Crippen LogP contribution < -0.4 is 25.7 Å². The highest BCUT2D eigenvalue weighted by molar-refractivity contribution is 5.78. The van der Waals surface area contributed by atoms with E-state index in [1.807, 2.05) is 56.3 Å². The normalized spacial score (nSPS) is 10.8. The predicted molar refractivity (Wildman–Crippen MR) is 139 cm³/mol. The SMILES string of the molecule is CCOc1cc(Cc2cnc(N)nc2N)cc(OCC)c1-c1ccc(OCc2ccccc2)c(F)c1. The lowest BCUT2D eigenvalue weighted by atomic mass is 9.98. The van der Waals surface area contributed by atoms with Crippen LogP contribution in [0.2, 0.25) is 0 Å². The predicted octanol–water partition coefficient (Wildman–Crippen LogP) is 5.41. The Kier molecular flexibility index (Phi) is 7.85. The summed E-state index contributed by atoms with van der Waals surface area (Å²) >= 11 is 0. The number of ether oxygens (including phenoxy) is 3. The van der Waals surface area contributed by atoms with Crippen LogP contribution in [-0.4, -0.2) is 23.2 Å². The molecule has 8 heteroatoms. The highest BCUT2D eigenvalue weighted by atomic mass is 19.1. The van der Waals surface area contributed by atoms with Gasteiger partial charge in [-0.15, -0.1) is 0 Å². The average Bonchev–Trinajstić information content (AvgIpc) is 2.86. The minimum absolute atomic E-state index is 0.120. The summed E-state index contributed by atoms with van der Waals surface area (Å²) < 4.78 is 32.7. The van der Waals surface area contributed by atoms with Crippen LogP contribution in [0.5, 0.6) is 17.2 Å². The van der Waals surface area contributed by atoms with Crippen molar-refractivity contribution in [3.63, 3.8) is 0 Å². The molecule has 4 N–H and O–H groups in total. The fraction of sp³-hybridized carbons (Fsp3) is 0.214. The van der Waals surface area contributed by atoms with Gasteiger partial charge in [0.25, 0.3) is 0 Å². The van der Waals surface area contributed by atoms with Crippen molar-refractivity contribution in [1.82, 2.24) is 9.97 Å². The van der Waals surface area contributed by atoms with Gasteiger partial charge in [0, 0.05) is 18.2 Å². The summed E-state index contributed by atoms with van der Waals surface area (Å²) in [5.74, 6) is 1.29. The van der Waals surface area contributed by atoms with Crippen molar-refractivity contribution in [1.29, 1.82) is 0 Å².